The van der Waals surface area contributed by atoms with Crippen molar-refractivity contribution in [3.63, 3.8) is 0 Å². The second-order valence-electron chi connectivity index (χ2n) is 6.88. The molecule has 0 aliphatic rings. The largest absolute Gasteiger partial charge is 0.490 e. The molecule has 26 heavy (non-hydrogen) atoms. The number of nitrogens with one attached hydrogen (secondary N) is 1. The zero-order valence-electron chi connectivity index (χ0n) is 15.5. The molecular weight excluding hydrogens is 328 g/mol. The lowest BCUT2D eigenvalue weighted by Crippen LogP contribution is -2.45. The van der Waals surface area contributed by atoms with Crippen LogP contribution in [0.1, 0.15) is 43.4 Å². The summed E-state index contributed by atoms with van der Waals surface area (Å²) in [4.78, 5) is 12.4. The van der Waals surface area contributed by atoms with E-state index in [1.165, 1.54) is 12.5 Å². The highest BCUT2D eigenvalue weighted by Gasteiger charge is 2.31. The van der Waals surface area contributed by atoms with Crippen molar-refractivity contribution in [1.29, 1.82) is 5.26 Å². The fourth-order valence-corrected chi connectivity index (χ4v) is 2.37. The van der Waals surface area contributed by atoms with E-state index >= 15 is 0 Å². The molecule has 5 nitrogen and oxygen atoms in total. The minimum atomic E-state index is -1.70. The molecule has 2 N–H and O–H groups in total. The Hall–Kier alpha value is -2.84. The highest BCUT2D eigenvalue weighted by Crippen LogP contribution is 2.20. The standard InChI is InChI=1S/C21H24N2O3/c1-14(2)16-6-9-19(10-7-16)26-13-21(4,25)20(24)23-18-8-5-17(12-22)15(3)11-18/h5-11,14,25H,13H2,1-4H3,(H,23,24). The molecule has 0 spiro atoms. The summed E-state index contributed by atoms with van der Waals surface area (Å²) < 4.78 is 5.57. The SMILES string of the molecule is Cc1cc(NC(=O)C(C)(O)COc2ccc(C(C)C)cc2)ccc1C#N. The lowest BCUT2D eigenvalue weighted by molar-refractivity contribution is -0.135. The van der Waals surface area contributed by atoms with E-state index in [0.717, 1.165) is 5.56 Å². The van der Waals surface area contributed by atoms with Gasteiger partial charge in [0.2, 0.25) is 0 Å². The molecule has 2 aromatic rings. The van der Waals surface area contributed by atoms with Gasteiger partial charge in [0.15, 0.2) is 5.60 Å². The number of nitrogens with zero attached hydrogens (tertiary/aromatic N) is 1. The third-order valence-corrected chi connectivity index (χ3v) is 4.16. The van der Waals surface area contributed by atoms with Gasteiger partial charge < -0.3 is 15.2 Å². The molecule has 0 aliphatic heterocycles. The van der Waals surface area contributed by atoms with Crippen molar-refractivity contribution < 1.29 is 14.6 Å². The maximum absolute atomic E-state index is 12.4. The minimum Gasteiger partial charge on any atom is -0.490 e. The average molecular weight is 352 g/mol. The van der Waals surface area contributed by atoms with E-state index in [2.05, 4.69) is 25.2 Å². The van der Waals surface area contributed by atoms with E-state index in [9.17, 15) is 9.90 Å². The van der Waals surface area contributed by atoms with Gasteiger partial charge in [-0.05, 0) is 61.2 Å². The van der Waals surface area contributed by atoms with Gasteiger partial charge in [0.25, 0.3) is 5.91 Å². The Balaban J connectivity index is 1.99. The van der Waals surface area contributed by atoms with Crippen LogP contribution in [0.15, 0.2) is 42.5 Å². The summed E-state index contributed by atoms with van der Waals surface area (Å²) >= 11 is 0. The summed E-state index contributed by atoms with van der Waals surface area (Å²) in [6.07, 6.45) is 0. The number of hydrogen-bond donors (Lipinski definition) is 2. The van der Waals surface area contributed by atoms with E-state index in [0.29, 0.717) is 22.9 Å². The predicted octanol–water partition coefficient (Wildman–Crippen LogP) is 3.76. The van der Waals surface area contributed by atoms with Crippen LogP contribution in [0.5, 0.6) is 5.75 Å². The number of anilines is 1. The second kappa shape index (κ2) is 8.03. The maximum atomic E-state index is 12.4. The van der Waals surface area contributed by atoms with Crippen LogP contribution in [0, 0.1) is 18.3 Å². The first kappa shape index (κ1) is 19.5. The fraction of sp³-hybridized carbons (Fsp3) is 0.333. The molecular formula is C21H24N2O3. The highest BCUT2D eigenvalue weighted by molar-refractivity contribution is 5.97. The minimum absolute atomic E-state index is 0.172. The molecule has 0 heterocycles. The Morgan fingerprint density at radius 2 is 1.92 bits per heavy atom. The van der Waals surface area contributed by atoms with Crippen molar-refractivity contribution in [2.75, 3.05) is 11.9 Å². The van der Waals surface area contributed by atoms with Crippen LogP contribution in [-0.2, 0) is 4.79 Å². The Morgan fingerprint density at radius 1 is 1.27 bits per heavy atom. The molecule has 1 atom stereocenters. The highest BCUT2D eigenvalue weighted by atomic mass is 16.5. The van der Waals surface area contributed by atoms with Gasteiger partial charge >= 0.3 is 0 Å². The first-order chi connectivity index (χ1) is 12.2. The topological polar surface area (TPSA) is 82.3 Å². The van der Waals surface area contributed by atoms with Crippen LogP contribution in [0.4, 0.5) is 5.69 Å². The van der Waals surface area contributed by atoms with Gasteiger partial charge in [-0.1, -0.05) is 26.0 Å². The molecule has 0 aromatic heterocycles. The summed E-state index contributed by atoms with van der Waals surface area (Å²) in [5.41, 5.74) is 1.32. The summed E-state index contributed by atoms with van der Waals surface area (Å²) in [6, 6.07) is 14.6. The van der Waals surface area contributed by atoms with Crippen molar-refractivity contribution in [3.05, 3.63) is 59.2 Å². The summed E-state index contributed by atoms with van der Waals surface area (Å²) in [7, 11) is 0. The van der Waals surface area contributed by atoms with E-state index < -0.39 is 11.5 Å². The summed E-state index contributed by atoms with van der Waals surface area (Å²) in [6.45, 7) is 7.23. The van der Waals surface area contributed by atoms with E-state index in [1.807, 2.05) is 24.3 Å². The maximum Gasteiger partial charge on any atom is 0.259 e. The molecule has 2 rings (SSSR count). The third-order valence-electron chi connectivity index (χ3n) is 4.16. The average Bonchev–Trinajstić information content (AvgIpc) is 2.60. The van der Waals surface area contributed by atoms with Gasteiger partial charge in [0.1, 0.15) is 12.4 Å². The van der Waals surface area contributed by atoms with Crippen LogP contribution in [0.2, 0.25) is 0 Å². The molecule has 0 bridgehead atoms. The Kier molecular flexibility index (Phi) is 6.01. The van der Waals surface area contributed by atoms with Crippen molar-refractivity contribution >= 4 is 11.6 Å². The zero-order valence-corrected chi connectivity index (χ0v) is 15.5. The van der Waals surface area contributed by atoms with Crippen molar-refractivity contribution in [3.8, 4) is 11.8 Å². The van der Waals surface area contributed by atoms with Crippen LogP contribution in [0.25, 0.3) is 0 Å². The molecule has 0 saturated heterocycles. The van der Waals surface area contributed by atoms with Gasteiger partial charge in [-0.2, -0.15) is 5.26 Å². The Morgan fingerprint density at radius 3 is 2.46 bits per heavy atom. The van der Waals surface area contributed by atoms with Crippen molar-refractivity contribution in [2.24, 2.45) is 0 Å². The van der Waals surface area contributed by atoms with Crippen LogP contribution in [-0.4, -0.2) is 23.2 Å². The van der Waals surface area contributed by atoms with Crippen molar-refractivity contribution in [1.82, 2.24) is 0 Å². The molecule has 5 heteroatoms. The number of aryl methyl sites for hydroxylation is 1. The molecule has 1 amide bonds. The predicted molar refractivity (Wildman–Crippen MR) is 101 cm³/mol. The number of rotatable bonds is 6. The van der Waals surface area contributed by atoms with Gasteiger partial charge in [0.05, 0.1) is 11.6 Å². The Labute approximate surface area is 154 Å². The normalized spacial score (nSPS) is 13.0. The molecule has 136 valence electrons. The van der Waals surface area contributed by atoms with Gasteiger partial charge in [0, 0.05) is 5.69 Å². The number of carbonyl (C=O) groups is 1. The second-order valence-corrected chi connectivity index (χ2v) is 6.88. The molecule has 0 saturated carbocycles. The molecule has 0 fully saturated rings. The van der Waals surface area contributed by atoms with Gasteiger partial charge in [-0.15, -0.1) is 0 Å². The molecule has 1 unspecified atom stereocenters. The number of benzene rings is 2. The van der Waals surface area contributed by atoms with E-state index in [1.54, 1.807) is 25.1 Å². The number of amides is 1. The first-order valence-electron chi connectivity index (χ1n) is 8.50. The van der Waals surface area contributed by atoms with Crippen molar-refractivity contribution in [2.45, 2.75) is 39.2 Å². The summed E-state index contributed by atoms with van der Waals surface area (Å²) in [5.74, 6) is 0.450. The molecule has 0 aliphatic carbocycles. The zero-order chi connectivity index (χ0) is 19.3. The molecule has 0 radical (unpaired) electrons. The van der Waals surface area contributed by atoms with E-state index in [4.69, 9.17) is 10.00 Å². The lowest BCUT2D eigenvalue weighted by atomic mass is 10.0. The number of ether oxygens (including phenoxy) is 1. The smallest absolute Gasteiger partial charge is 0.259 e. The summed E-state index contributed by atoms with van der Waals surface area (Å²) in [5, 5.41) is 22.0. The van der Waals surface area contributed by atoms with E-state index in [-0.39, 0.29) is 6.61 Å². The number of hydrogen-bond acceptors (Lipinski definition) is 4. The number of carbonyl (C=O) groups excluding carboxylic acids is 1. The van der Waals surface area contributed by atoms with Crippen LogP contribution < -0.4 is 10.1 Å². The van der Waals surface area contributed by atoms with Gasteiger partial charge in [-0.25, -0.2) is 0 Å². The quantitative estimate of drug-likeness (QED) is 0.829. The van der Waals surface area contributed by atoms with Gasteiger partial charge in [-0.3, -0.25) is 4.79 Å². The Bertz CT molecular complexity index is 818. The number of nitriles is 1. The lowest BCUT2D eigenvalue weighted by Gasteiger charge is -2.23. The van der Waals surface area contributed by atoms with Crippen LogP contribution in [0.3, 0.4) is 0 Å². The monoisotopic (exact) mass is 352 g/mol. The van der Waals surface area contributed by atoms with Crippen LogP contribution >= 0.6 is 0 Å². The third kappa shape index (κ3) is 4.84. The molecule has 2 aromatic carbocycles. The number of aliphatic hydroxyl groups is 1. The fourth-order valence-electron chi connectivity index (χ4n) is 2.37. The first-order valence-corrected chi connectivity index (χ1v) is 8.50.